The Hall–Kier alpha value is -2.68. The van der Waals surface area contributed by atoms with E-state index in [1.54, 1.807) is 6.07 Å². The van der Waals surface area contributed by atoms with Crippen molar-refractivity contribution in [2.45, 2.75) is 13.3 Å². The number of ether oxygens (including phenoxy) is 1. The Morgan fingerprint density at radius 3 is 2.64 bits per heavy atom. The molecule has 1 saturated heterocycles. The highest BCUT2D eigenvalue weighted by Gasteiger charge is 2.22. The number of nitrogens with one attached hydrogen (secondary N) is 2. The molecule has 1 aromatic rings. The van der Waals surface area contributed by atoms with Gasteiger partial charge in [0, 0.05) is 31.8 Å². The first-order chi connectivity index (χ1) is 12.0. The van der Waals surface area contributed by atoms with Gasteiger partial charge in [0.25, 0.3) is 11.6 Å². The Labute approximate surface area is 145 Å². The molecule has 2 N–H and O–H groups in total. The fourth-order valence-corrected chi connectivity index (χ4v) is 2.48. The van der Waals surface area contributed by atoms with E-state index in [1.165, 1.54) is 12.1 Å². The molecule has 1 aliphatic rings. The molecule has 25 heavy (non-hydrogen) atoms. The minimum Gasteiger partial charge on any atom is -0.378 e. The molecule has 1 aromatic carbocycles. The maximum Gasteiger partial charge on any atom is 0.270 e. The topological polar surface area (TPSA) is 114 Å². The van der Waals surface area contributed by atoms with Gasteiger partial charge in [-0.1, -0.05) is 6.92 Å². The Bertz CT molecular complexity index is 643. The number of carbonyl (C=O) groups is 2. The molecule has 2 amide bonds. The fourth-order valence-electron chi connectivity index (χ4n) is 2.48. The van der Waals surface area contributed by atoms with Crippen molar-refractivity contribution in [2.24, 2.45) is 0 Å². The Balaban J connectivity index is 2.17. The molecular weight excluding hydrogens is 328 g/mol. The number of hydrogen-bond acceptors (Lipinski definition) is 6. The zero-order valence-electron chi connectivity index (χ0n) is 14.1. The summed E-state index contributed by atoms with van der Waals surface area (Å²) in [5.41, 5.74) is 0.609. The minimum atomic E-state index is -0.548. The van der Waals surface area contributed by atoms with Crippen LogP contribution in [0.1, 0.15) is 23.7 Å². The van der Waals surface area contributed by atoms with Crippen LogP contribution in [0.4, 0.5) is 11.4 Å². The van der Waals surface area contributed by atoms with E-state index >= 15 is 0 Å². The summed E-state index contributed by atoms with van der Waals surface area (Å²) in [6.45, 7) is 4.52. The fraction of sp³-hybridized carbons (Fsp3) is 0.500. The zero-order chi connectivity index (χ0) is 18.2. The summed E-state index contributed by atoms with van der Waals surface area (Å²) in [7, 11) is 0. The van der Waals surface area contributed by atoms with Crippen molar-refractivity contribution in [1.82, 2.24) is 10.6 Å². The number of hydrogen-bond donors (Lipinski definition) is 2. The van der Waals surface area contributed by atoms with Gasteiger partial charge in [-0.3, -0.25) is 19.7 Å². The van der Waals surface area contributed by atoms with E-state index in [1.807, 2.05) is 11.8 Å². The second-order valence-corrected chi connectivity index (χ2v) is 5.59. The van der Waals surface area contributed by atoms with Gasteiger partial charge in [0.2, 0.25) is 5.91 Å². The highest BCUT2D eigenvalue weighted by molar-refractivity contribution is 6.02. The third-order valence-corrected chi connectivity index (χ3v) is 3.77. The first kappa shape index (κ1) is 18.7. The van der Waals surface area contributed by atoms with Gasteiger partial charge in [0.1, 0.15) is 0 Å². The van der Waals surface area contributed by atoms with Crippen LogP contribution in [0, 0.1) is 10.1 Å². The third kappa shape index (κ3) is 5.15. The smallest absolute Gasteiger partial charge is 0.270 e. The van der Waals surface area contributed by atoms with Gasteiger partial charge in [-0.2, -0.15) is 0 Å². The van der Waals surface area contributed by atoms with E-state index in [2.05, 4.69) is 10.6 Å². The summed E-state index contributed by atoms with van der Waals surface area (Å²) in [6, 6.07) is 4.18. The van der Waals surface area contributed by atoms with Crippen LogP contribution in [-0.4, -0.2) is 56.1 Å². The molecule has 136 valence electrons. The molecule has 1 aliphatic heterocycles. The monoisotopic (exact) mass is 350 g/mol. The molecule has 0 saturated carbocycles. The van der Waals surface area contributed by atoms with E-state index in [0.29, 0.717) is 38.5 Å². The van der Waals surface area contributed by atoms with Gasteiger partial charge in [0.05, 0.1) is 35.9 Å². The van der Waals surface area contributed by atoms with E-state index in [-0.39, 0.29) is 23.7 Å². The third-order valence-electron chi connectivity index (χ3n) is 3.77. The molecule has 9 nitrogen and oxygen atoms in total. The highest BCUT2D eigenvalue weighted by Crippen LogP contribution is 2.26. The van der Waals surface area contributed by atoms with Crippen molar-refractivity contribution >= 4 is 23.2 Å². The maximum atomic E-state index is 12.5. The Kier molecular flexibility index (Phi) is 6.70. The Morgan fingerprint density at radius 1 is 1.28 bits per heavy atom. The number of anilines is 1. The normalized spacial score (nSPS) is 14.0. The van der Waals surface area contributed by atoms with Crippen LogP contribution < -0.4 is 15.5 Å². The van der Waals surface area contributed by atoms with Gasteiger partial charge in [0.15, 0.2) is 0 Å². The highest BCUT2D eigenvalue weighted by atomic mass is 16.6. The van der Waals surface area contributed by atoms with Gasteiger partial charge >= 0.3 is 0 Å². The standard InChI is InChI=1S/C16H22N4O5/c1-2-5-17-15(21)11-18-16(22)13-10-12(20(23)24)3-4-14(13)19-6-8-25-9-7-19/h3-4,10H,2,5-9,11H2,1H3,(H,17,21)(H,18,22). The number of nitrogens with zero attached hydrogens (tertiary/aromatic N) is 2. The zero-order valence-corrected chi connectivity index (χ0v) is 14.1. The largest absolute Gasteiger partial charge is 0.378 e. The van der Waals surface area contributed by atoms with Crippen molar-refractivity contribution in [3.8, 4) is 0 Å². The van der Waals surface area contributed by atoms with Gasteiger partial charge in [-0.25, -0.2) is 0 Å². The van der Waals surface area contributed by atoms with Crippen LogP contribution in [0.5, 0.6) is 0 Å². The lowest BCUT2D eigenvalue weighted by molar-refractivity contribution is -0.384. The predicted octanol–water partition coefficient (Wildman–Crippen LogP) is 0.687. The van der Waals surface area contributed by atoms with Crippen LogP contribution in [0.25, 0.3) is 0 Å². The molecule has 2 rings (SSSR count). The number of rotatable bonds is 7. The molecular formula is C16H22N4O5. The van der Waals surface area contributed by atoms with Gasteiger partial charge in [-0.05, 0) is 12.5 Å². The lowest BCUT2D eigenvalue weighted by atomic mass is 10.1. The van der Waals surface area contributed by atoms with Gasteiger partial charge in [-0.15, -0.1) is 0 Å². The van der Waals surface area contributed by atoms with Crippen LogP contribution >= 0.6 is 0 Å². The molecule has 0 atom stereocenters. The quantitative estimate of drug-likeness (QED) is 0.552. The summed E-state index contributed by atoms with van der Waals surface area (Å²) in [4.78, 5) is 36.5. The van der Waals surface area contributed by atoms with Crippen molar-refractivity contribution in [3.63, 3.8) is 0 Å². The number of benzene rings is 1. The average Bonchev–Trinajstić information content (AvgIpc) is 2.64. The van der Waals surface area contributed by atoms with Crippen LogP contribution in [0.2, 0.25) is 0 Å². The SMILES string of the molecule is CCCNC(=O)CNC(=O)c1cc([N+](=O)[O-])ccc1N1CCOCC1. The molecule has 1 fully saturated rings. The number of morpholine rings is 1. The summed E-state index contributed by atoms with van der Waals surface area (Å²) < 4.78 is 5.30. The average molecular weight is 350 g/mol. The molecule has 0 unspecified atom stereocenters. The number of nitro groups is 1. The van der Waals surface area contributed by atoms with E-state index in [4.69, 9.17) is 4.74 Å². The summed E-state index contributed by atoms with van der Waals surface area (Å²) in [5.74, 6) is -0.814. The molecule has 1 heterocycles. The van der Waals surface area contributed by atoms with Crippen LogP contribution in [0.3, 0.4) is 0 Å². The number of non-ortho nitro benzene ring substituents is 1. The van der Waals surface area contributed by atoms with Crippen molar-refractivity contribution in [3.05, 3.63) is 33.9 Å². The van der Waals surface area contributed by atoms with Crippen LogP contribution in [-0.2, 0) is 9.53 Å². The lowest BCUT2D eigenvalue weighted by Crippen LogP contribution is -2.40. The number of nitro benzene ring substituents is 1. The molecule has 9 heteroatoms. The van der Waals surface area contributed by atoms with Crippen molar-refractivity contribution < 1.29 is 19.2 Å². The van der Waals surface area contributed by atoms with Crippen molar-refractivity contribution in [1.29, 1.82) is 0 Å². The molecule has 0 aromatic heterocycles. The first-order valence-corrected chi connectivity index (χ1v) is 8.19. The summed E-state index contributed by atoms with van der Waals surface area (Å²) in [5, 5.41) is 16.2. The van der Waals surface area contributed by atoms with E-state index < -0.39 is 10.8 Å². The number of carbonyl (C=O) groups excluding carboxylic acids is 2. The van der Waals surface area contributed by atoms with Gasteiger partial charge < -0.3 is 20.3 Å². The van der Waals surface area contributed by atoms with Crippen molar-refractivity contribution in [2.75, 3.05) is 44.3 Å². The first-order valence-electron chi connectivity index (χ1n) is 8.19. The Morgan fingerprint density at radius 2 is 2.00 bits per heavy atom. The van der Waals surface area contributed by atoms with Crippen LogP contribution in [0.15, 0.2) is 18.2 Å². The summed E-state index contributed by atoms with van der Waals surface area (Å²) >= 11 is 0. The second kappa shape index (κ2) is 8.97. The van der Waals surface area contributed by atoms with E-state index in [9.17, 15) is 19.7 Å². The maximum absolute atomic E-state index is 12.5. The predicted molar refractivity (Wildman–Crippen MR) is 91.8 cm³/mol. The minimum absolute atomic E-state index is 0.169. The second-order valence-electron chi connectivity index (χ2n) is 5.59. The number of amides is 2. The molecule has 0 bridgehead atoms. The molecule has 0 spiro atoms. The van der Waals surface area contributed by atoms with E-state index in [0.717, 1.165) is 6.42 Å². The molecule has 0 radical (unpaired) electrons. The molecule has 0 aliphatic carbocycles. The lowest BCUT2D eigenvalue weighted by Gasteiger charge is -2.30. The summed E-state index contributed by atoms with van der Waals surface area (Å²) in [6.07, 6.45) is 0.797.